The van der Waals surface area contributed by atoms with E-state index in [2.05, 4.69) is 19.1 Å². The fourth-order valence-electron chi connectivity index (χ4n) is 6.51. The molecule has 0 saturated heterocycles. The molecule has 0 spiro atoms. The van der Waals surface area contributed by atoms with Gasteiger partial charge >= 0.3 is 5.97 Å². The van der Waals surface area contributed by atoms with Crippen molar-refractivity contribution in [2.45, 2.75) is 52.9 Å². The number of fused-ring (bicyclic) bond motifs is 8. The summed E-state index contributed by atoms with van der Waals surface area (Å²) in [6, 6.07) is 22.4. The minimum absolute atomic E-state index is 0.00711. The van der Waals surface area contributed by atoms with Gasteiger partial charge in [0.2, 0.25) is 0 Å². The van der Waals surface area contributed by atoms with Gasteiger partial charge in [-0.25, -0.2) is 4.79 Å². The second-order valence-electron chi connectivity index (χ2n) is 12.2. The van der Waals surface area contributed by atoms with E-state index in [4.69, 9.17) is 0 Å². The van der Waals surface area contributed by atoms with E-state index in [1.54, 1.807) is 0 Å². The average molecular weight is 601 g/mol. The van der Waals surface area contributed by atoms with Gasteiger partial charge in [0.05, 0.1) is 5.56 Å². The predicted molar refractivity (Wildman–Crippen MR) is 175 cm³/mol. The quantitative estimate of drug-likeness (QED) is 0.142. The van der Waals surface area contributed by atoms with E-state index in [-0.39, 0.29) is 54.2 Å². The molecular formula is C39H36O6. The average Bonchev–Trinajstić information content (AvgIpc) is 3.00. The SMILES string of the molecule is CCc1ccc(-c2cc3c(O)c(c2)Cc2cc(C(=O)O)cc(c2O)Cc2cc(C)cc(c2O)Cc2cc(C)cc(c2O)C3)cc1. The van der Waals surface area contributed by atoms with E-state index in [1.807, 2.05) is 62.4 Å². The first-order valence-corrected chi connectivity index (χ1v) is 15.2. The zero-order chi connectivity index (χ0) is 32.0. The Hall–Kier alpha value is -5.23. The van der Waals surface area contributed by atoms with Crippen molar-refractivity contribution in [1.29, 1.82) is 0 Å². The highest BCUT2D eigenvalue weighted by molar-refractivity contribution is 5.88. The van der Waals surface area contributed by atoms with Gasteiger partial charge in [-0.3, -0.25) is 0 Å². The van der Waals surface area contributed by atoms with Crippen LogP contribution in [0.2, 0.25) is 0 Å². The van der Waals surface area contributed by atoms with Crippen molar-refractivity contribution in [3.8, 4) is 34.1 Å². The number of carboxylic acid groups (broad SMARTS) is 1. The summed E-state index contributed by atoms with van der Waals surface area (Å²) in [5.74, 6) is -1.04. The number of aryl methyl sites for hydroxylation is 3. The van der Waals surface area contributed by atoms with Crippen molar-refractivity contribution < 1.29 is 30.3 Å². The van der Waals surface area contributed by atoms with Crippen LogP contribution >= 0.6 is 0 Å². The summed E-state index contributed by atoms with van der Waals surface area (Å²) in [5.41, 5.74) is 9.11. The lowest BCUT2D eigenvalue weighted by molar-refractivity contribution is 0.0696. The van der Waals surface area contributed by atoms with Crippen LogP contribution < -0.4 is 0 Å². The number of hydrogen-bond acceptors (Lipinski definition) is 5. The van der Waals surface area contributed by atoms with Gasteiger partial charge in [0, 0.05) is 25.7 Å². The first-order chi connectivity index (χ1) is 21.5. The summed E-state index contributed by atoms with van der Waals surface area (Å²) in [5, 5.41) is 56.0. The highest BCUT2D eigenvalue weighted by Gasteiger charge is 2.22. The summed E-state index contributed by atoms with van der Waals surface area (Å²) in [7, 11) is 0. The lowest BCUT2D eigenvalue weighted by Crippen LogP contribution is -2.05. The van der Waals surface area contributed by atoms with E-state index in [0.717, 1.165) is 28.7 Å². The summed E-state index contributed by atoms with van der Waals surface area (Å²) >= 11 is 0. The maximum atomic E-state index is 12.2. The van der Waals surface area contributed by atoms with Crippen molar-refractivity contribution in [3.05, 3.63) is 140 Å². The standard InChI is InChI=1S/C39H36O6/c1-4-23-5-7-24(8-6-23)25-13-30-16-28-11-21(2)9-26(35(28)40)15-27-10-22(3)12-29(36(27)41)17-32-19-34(39(44)45)20-33(38(32)43)18-31(14-25)37(30)42/h5-14,19-20,40-43H,4,15-18H2,1-3H3,(H,44,45). The van der Waals surface area contributed by atoms with Gasteiger partial charge in [-0.15, -0.1) is 0 Å². The molecule has 0 saturated carbocycles. The first-order valence-electron chi connectivity index (χ1n) is 15.2. The van der Waals surface area contributed by atoms with Gasteiger partial charge in [0.1, 0.15) is 23.0 Å². The van der Waals surface area contributed by atoms with Crippen LogP contribution in [-0.2, 0) is 32.1 Å². The Morgan fingerprint density at radius 2 is 0.867 bits per heavy atom. The summed E-state index contributed by atoms with van der Waals surface area (Å²) in [6.07, 6.45) is 1.55. The van der Waals surface area contributed by atoms with Crippen LogP contribution in [-0.4, -0.2) is 31.5 Å². The Morgan fingerprint density at radius 1 is 0.533 bits per heavy atom. The fraction of sp³-hybridized carbons (Fsp3) is 0.205. The number of aromatic hydroxyl groups is 4. The molecule has 6 heteroatoms. The molecule has 0 fully saturated rings. The molecule has 228 valence electrons. The lowest BCUT2D eigenvalue weighted by atomic mass is 9.88. The lowest BCUT2D eigenvalue weighted by Gasteiger charge is -2.19. The number of rotatable bonds is 3. The molecule has 0 amide bonds. The van der Waals surface area contributed by atoms with Crippen molar-refractivity contribution >= 4 is 5.97 Å². The van der Waals surface area contributed by atoms with Crippen LogP contribution in [0, 0.1) is 13.8 Å². The molecule has 0 radical (unpaired) electrons. The molecule has 5 aromatic carbocycles. The van der Waals surface area contributed by atoms with Crippen LogP contribution in [0.1, 0.15) is 78.5 Å². The van der Waals surface area contributed by atoms with Crippen LogP contribution in [0.3, 0.4) is 0 Å². The zero-order valence-electron chi connectivity index (χ0n) is 25.6. The van der Waals surface area contributed by atoms with E-state index < -0.39 is 5.97 Å². The van der Waals surface area contributed by atoms with E-state index in [0.29, 0.717) is 44.5 Å². The zero-order valence-corrected chi connectivity index (χ0v) is 25.6. The highest BCUT2D eigenvalue weighted by atomic mass is 16.4. The Balaban J connectivity index is 1.62. The van der Waals surface area contributed by atoms with Crippen molar-refractivity contribution in [3.63, 3.8) is 0 Å². The van der Waals surface area contributed by atoms with Crippen LogP contribution in [0.25, 0.3) is 11.1 Å². The molecular weight excluding hydrogens is 564 g/mol. The largest absolute Gasteiger partial charge is 0.507 e. The topological polar surface area (TPSA) is 118 Å². The van der Waals surface area contributed by atoms with Crippen LogP contribution in [0.4, 0.5) is 0 Å². The van der Waals surface area contributed by atoms with E-state index in [1.165, 1.54) is 17.7 Å². The maximum absolute atomic E-state index is 12.2. The predicted octanol–water partition coefficient (Wildman–Crippen LogP) is 7.73. The van der Waals surface area contributed by atoms with Crippen LogP contribution in [0.5, 0.6) is 23.0 Å². The smallest absolute Gasteiger partial charge is 0.335 e. The number of hydrogen-bond donors (Lipinski definition) is 5. The molecule has 0 heterocycles. The highest BCUT2D eigenvalue weighted by Crippen LogP contribution is 2.40. The Bertz CT molecular complexity index is 1970. The Kier molecular flexibility index (Phi) is 7.75. The monoisotopic (exact) mass is 600 g/mol. The van der Waals surface area contributed by atoms with Gasteiger partial charge < -0.3 is 25.5 Å². The molecule has 1 aliphatic rings. The third kappa shape index (κ3) is 5.84. The van der Waals surface area contributed by atoms with Gasteiger partial charge in [-0.1, -0.05) is 66.6 Å². The second-order valence-corrected chi connectivity index (χ2v) is 12.2. The molecule has 6 rings (SSSR count). The van der Waals surface area contributed by atoms with Gasteiger partial charge in [0.25, 0.3) is 0 Å². The van der Waals surface area contributed by atoms with Crippen molar-refractivity contribution in [2.24, 2.45) is 0 Å². The maximum Gasteiger partial charge on any atom is 0.335 e. The molecule has 0 aliphatic heterocycles. The summed E-state index contributed by atoms with van der Waals surface area (Å²) in [6.45, 7) is 5.96. The molecule has 6 nitrogen and oxygen atoms in total. The summed E-state index contributed by atoms with van der Waals surface area (Å²) in [4.78, 5) is 12.2. The van der Waals surface area contributed by atoms with Gasteiger partial charge in [-0.05, 0) is 106 Å². The Labute approximate surface area is 262 Å². The first kappa shape index (κ1) is 29.8. The molecule has 45 heavy (non-hydrogen) atoms. The minimum Gasteiger partial charge on any atom is -0.507 e. The molecule has 0 aromatic heterocycles. The number of phenols is 4. The number of aromatic carboxylic acids is 1. The normalized spacial score (nSPS) is 12.6. The number of benzene rings is 5. The Morgan fingerprint density at radius 3 is 1.20 bits per heavy atom. The van der Waals surface area contributed by atoms with Crippen LogP contribution in [0.15, 0.2) is 72.8 Å². The van der Waals surface area contributed by atoms with Gasteiger partial charge in [-0.2, -0.15) is 0 Å². The second kappa shape index (κ2) is 11.7. The number of phenolic OH excluding ortho intramolecular Hbond substituents is 4. The molecule has 1 aliphatic carbocycles. The summed E-state index contributed by atoms with van der Waals surface area (Å²) < 4.78 is 0. The van der Waals surface area contributed by atoms with Gasteiger partial charge in [0.15, 0.2) is 0 Å². The molecule has 5 aromatic rings. The van der Waals surface area contributed by atoms with Crippen molar-refractivity contribution in [2.75, 3.05) is 0 Å². The third-order valence-corrected chi connectivity index (χ3v) is 8.83. The number of carboxylic acids is 1. The molecule has 5 N–H and O–H groups in total. The van der Waals surface area contributed by atoms with E-state index >= 15 is 0 Å². The molecule has 0 unspecified atom stereocenters. The molecule has 0 atom stereocenters. The van der Waals surface area contributed by atoms with E-state index in [9.17, 15) is 30.3 Å². The number of carbonyl (C=O) groups is 1. The molecule has 8 bridgehead atoms. The van der Waals surface area contributed by atoms with Crippen molar-refractivity contribution in [1.82, 2.24) is 0 Å². The third-order valence-electron chi connectivity index (χ3n) is 8.83. The fourth-order valence-corrected chi connectivity index (χ4v) is 6.51. The minimum atomic E-state index is -1.14.